The smallest absolute Gasteiger partial charge is 0.264 e. The summed E-state index contributed by atoms with van der Waals surface area (Å²) in [6.45, 7) is 5.14. The van der Waals surface area contributed by atoms with Gasteiger partial charge < -0.3 is 40.4 Å². The molecular weight excluding hydrogens is 636 g/mol. The van der Waals surface area contributed by atoms with Crippen molar-refractivity contribution in [1.29, 1.82) is 0 Å². The van der Waals surface area contributed by atoms with E-state index >= 15 is 0 Å². The molecule has 0 bridgehead atoms. The first-order chi connectivity index (χ1) is 24.2. The first-order valence-corrected chi connectivity index (χ1v) is 17.1. The minimum atomic E-state index is -1.97. The average molecular weight is 681 g/mol. The number of benzene rings is 3. The Labute approximate surface area is 292 Å². The molecule has 6 rings (SSSR count). The number of carbonyl (C=O) groups is 4. The van der Waals surface area contributed by atoms with Crippen molar-refractivity contribution in [2.75, 3.05) is 67.1 Å². The molecule has 2 fully saturated rings. The lowest BCUT2D eigenvalue weighted by Crippen LogP contribution is -2.48. The van der Waals surface area contributed by atoms with Crippen LogP contribution >= 0.6 is 0 Å². The summed E-state index contributed by atoms with van der Waals surface area (Å²) in [5, 5.41) is 28.1. The number of piperazine rings is 2. The molecule has 3 aliphatic rings. The number of fused-ring (bicyclic) bond motifs is 1. The number of aliphatic hydroxyl groups is 2. The third kappa shape index (κ3) is 7.19. The van der Waals surface area contributed by atoms with Crippen LogP contribution in [0.2, 0.25) is 0 Å². The lowest BCUT2D eigenvalue weighted by Gasteiger charge is -2.30. The van der Waals surface area contributed by atoms with Crippen LogP contribution in [0.5, 0.6) is 0 Å². The maximum Gasteiger partial charge on any atom is 0.264 e. The summed E-state index contributed by atoms with van der Waals surface area (Å²) in [5.41, 5.74) is 2.11. The van der Waals surface area contributed by atoms with Crippen LogP contribution in [0.4, 0.5) is 17.1 Å². The van der Waals surface area contributed by atoms with Crippen LogP contribution in [-0.2, 0) is 37.9 Å². The van der Waals surface area contributed by atoms with Crippen molar-refractivity contribution in [2.24, 2.45) is 5.92 Å². The van der Waals surface area contributed by atoms with Crippen LogP contribution in [0.3, 0.4) is 0 Å². The molecule has 12 heteroatoms. The van der Waals surface area contributed by atoms with Crippen LogP contribution in [-0.4, -0.2) is 91.2 Å². The summed E-state index contributed by atoms with van der Waals surface area (Å²) < 4.78 is 0. The van der Waals surface area contributed by atoms with Gasteiger partial charge in [0.05, 0.1) is 31.9 Å². The van der Waals surface area contributed by atoms with Crippen LogP contribution in [0, 0.1) is 5.92 Å². The summed E-state index contributed by atoms with van der Waals surface area (Å²) in [5.74, 6) is -1.53. The van der Waals surface area contributed by atoms with E-state index < -0.39 is 17.4 Å². The highest BCUT2D eigenvalue weighted by atomic mass is 16.3. The highest BCUT2D eigenvalue weighted by Crippen LogP contribution is 2.47. The molecule has 3 aliphatic heterocycles. The van der Waals surface area contributed by atoms with Crippen molar-refractivity contribution in [3.05, 3.63) is 102 Å². The molecule has 262 valence electrons. The van der Waals surface area contributed by atoms with Gasteiger partial charge in [-0.25, -0.2) is 0 Å². The quantitative estimate of drug-likeness (QED) is 0.213. The molecule has 12 nitrogen and oxygen atoms in total. The minimum absolute atomic E-state index is 0.00229. The molecular formula is C38H44N6O6. The number of anilines is 3. The van der Waals surface area contributed by atoms with Crippen molar-refractivity contribution in [3.63, 3.8) is 0 Å². The Morgan fingerprint density at radius 1 is 0.900 bits per heavy atom. The van der Waals surface area contributed by atoms with E-state index in [0.29, 0.717) is 49.7 Å². The predicted octanol–water partition coefficient (Wildman–Crippen LogP) is 1.90. The van der Waals surface area contributed by atoms with Crippen molar-refractivity contribution < 1.29 is 29.4 Å². The third-order valence-corrected chi connectivity index (χ3v) is 9.65. The van der Waals surface area contributed by atoms with Gasteiger partial charge in [-0.2, -0.15) is 0 Å². The minimum Gasteiger partial charge on any atom is -0.395 e. The van der Waals surface area contributed by atoms with Gasteiger partial charge >= 0.3 is 0 Å². The van der Waals surface area contributed by atoms with Crippen LogP contribution < -0.4 is 25.3 Å². The van der Waals surface area contributed by atoms with Gasteiger partial charge in [0.1, 0.15) is 0 Å². The molecule has 2 atom stereocenters. The average Bonchev–Trinajstić information content (AvgIpc) is 3.34. The molecule has 50 heavy (non-hydrogen) atoms. The molecule has 4 N–H and O–H groups in total. The molecule has 2 saturated heterocycles. The number of carbonyl (C=O) groups excluding carboxylic acids is 4. The zero-order valence-corrected chi connectivity index (χ0v) is 28.3. The van der Waals surface area contributed by atoms with E-state index in [1.807, 2.05) is 54.6 Å². The second kappa shape index (κ2) is 15.3. The summed E-state index contributed by atoms with van der Waals surface area (Å²) in [4.78, 5) is 59.2. The number of nitrogens with one attached hydrogen (secondary N) is 2. The third-order valence-electron chi connectivity index (χ3n) is 9.65. The van der Waals surface area contributed by atoms with E-state index in [2.05, 4.69) is 10.6 Å². The number of hydrogen-bond donors (Lipinski definition) is 4. The predicted molar refractivity (Wildman–Crippen MR) is 190 cm³/mol. The summed E-state index contributed by atoms with van der Waals surface area (Å²) in [6, 6.07) is 22.3. The van der Waals surface area contributed by atoms with E-state index in [-0.39, 0.29) is 56.9 Å². The molecule has 0 unspecified atom stereocenters. The Bertz CT molecular complexity index is 1750. The van der Waals surface area contributed by atoms with E-state index in [1.165, 1.54) is 0 Å². The first kappa shape index (κ1) is 35.0. The number of hydrogen-bond acceptors (Lipinski definition) is 8. The number of nitrogens with zero attached hydrogens (tertiary/aromatic N) is 4. The van der Waals surface area contributed by atoms with E-state index in [4.69, 9.17) is 0 Å². The van der Waals surface area contributed by atoms with Gasteiger partial charge in [0.25, 0.3) is 5.91 Å². The molecule has 3 aromatic rings. The van der Waals surface area contributed by atoms with Crippen molar-refractivity contribution in [2.45, 2.75) is 32.0 Å². The van der Waals surface area contributed by atoms with Gasteiger partial charge in [-0.15, -0.1) is 0 Å². The molecule has 0 spiro atoms. The van der Waals surface area contributed by atoms with Gasteiger partial charge in [0.15, 0.2) is 5.60 Å². The largest absolute Gasteiger partial charge is 0.395 e. The van der Waals surface area contributed by atoms with Gasteiger partial charge in [0, 0.05) is 68.5 Å². The maximum absolute atomic E-state index is 14.3. The maximum atomic E-state index is 14.3. The molecule has 0 aromatic heterocycles. The standard InChI is InChI=1S/C38H44N6O6/c1-27(6-5-9-34(46)41(20-21-45)25-28-7-3-2-4-8-28)38(50)32-22-31(43-19-17-40-24-36(43)48)14-15-33(32)44(37(38)49)26-29-10-12-30(13-11-29)42-18-16-39-23-35(42)47/h2-8,10-15,22,27,39-40,45,50H,9,16-21,23-26H2,1H3/b6-5+/t27-,38+/m0/s1. The van der Waals surface area contributed by atoms with Gasteiger partial charge in [-0.05, 0) is 41.5 Å². The number of aliphatic hydroxyl groups excluding tert-OH is 1. The lowest BCUT2D eigenvalue weighted by molar-refractivity contribution is -0.139. The Morgan fingerprint density at radius 3 is 2.18 bits per heavy atom. The number of rotatable bonds is 12. The summed E-state index contributed by atoms with van der Waals surface area (Å²) in [7, 11) is 0. The van der Waals surface area contributed by atoms with Gasteiger partial charge in [0.2, 0.25) is 17.7 Å². The van der Waals surface area contributed by atoms with Crippen molar-refractivity contribution >= 4 is 40.7 Å². The van der Waals surface area contributed by atoms with Crippen LogP contribution in [0.15, 0.2) is 84.9 Å². The topological polar surface area (TPSA) is 146 Å². The highest BCUT2D eigenvalue weighted by molar-refractivity contribution is 6.08. The Hall–Kier alpha value is -4.88. The fraction of sp³-hybridized carbons (Fsp3) is 0.368. The Morgan fingerprint density at radius 2 is 1.54 bits per heavy atom. The number of amides is 4. The molecule has 3 aromatic carbocycles. The van der Waals surface area contributed by atoms with E-state index in [9.17, 15) is 29.4 Å². The highest BCUT2D eigenvalue weighted by Gasteiger charge is 2.52. The van der Waals surface area contributed by atoms with Gasteiger partial charge in [-0.3, -0.25) is 19.2 Å². The normalized spacial score (nSPS) is 20.1. The second-order valence-corrected chi connectivity index (χ2v) is 12.9. The summed E-state index contributed by atoms with van der Waals surface area (Å²) >= 11 is 0. The van der Waals surface area contributed by atoms with E-state index in [1.54, 1.807) is 56.9 Å². The molecule has 0 saturated carbocycles. The first-order valence-electron chi connectivity index (χ1n) is 17.1. The molecule has 0 aliphatic carbocycles. The monoisotopic (exact) mass is 680 g/mol. The molecule has 4 amide bonds. The van der Waals surface area contributed by atoms with Gasteiger partial charge in [-0.1, -0.05) is 61.5 Å². The van der Waals surface area contributed by atoms with E-state index in [0.717, 1.165) is 16.8 Å². The molecule has 3 heterocycles. The zero-order chi connectivity index (χ0) is 35.3. The fourth-order valence-corrected chi connectivity index (χ4v) is 6.84. The second-order valence-electron chi connectivity index (χ2n) is 12.9. The van der Waals surface area contributed by atoms with Crippen molar-refractivity contribution in [1.82, 2.24) is 15.5 Å². The van der Waals surface area contributed by atoms with Crippen LogP contribution in [0.1, 0.15) is 30.0 Å². The van der Waals surface area contributed by atoms with Crippen molar-refractivity contribution in [3.8, 4) is 0 Å². The molecule has 0 radical (unpaired) electrons. The SMILES string of the molecule is C[C@@H](/C=C/CC(=O)N(CCO)Cc1ccccc1)[C@]1(O)C(=O)N(Cc2ccc(N3CCNCC3=O)cc2)c2ccc(N3CCNCC3=O)cc21. The fourth-order valence-electron chi connectivity index (χ4n) is 6.84. The zero-order valence-electron chi connectivity index (χ0n) is 28.3. The Kier molecular flexibility index (Phi) is 10.7. The Balaban J connectivity index is 1.25. The van der Waals surface area contributed by atoms with Crippen LogP contribution in [0.25, 0.3) is 0 Å². The summed E-state index contributed by atoms with van der Waals surface area (Å²) in [6.07, 6.45) is 3.37. The lowest BCUT2D eigenvalue weighted by atomic mass is 9.82.